The minimum atomic E-state index is 0.000677. The van der Waals surface area contributed by atoms with Gasteiger partial charge in [0.1, 0.15) is 0 Å². The molecule has 2 saturated heterocycles. The smallest absolute Gasteiger partial charge is 0.240 e. The molecule has 0 spiro atoms. The van der Waals surface area contributed by atoms with E-state index < -0.39 is 0 Å². The monoisotopic (exact) mass is 239 g/mol. The number of amides is 1. The third-order valence-corrected chi connectivity index (χ3v) is 4.22. The molecule has 0 aromatic rings. The molecule has 2 aliphatic rings. The third kappa shape index (κ3) is 2.80. The molecular weight excluding hydrogens is 214 g/mol. The zero-order chi connectivity index (χ0) is 12.4. The third-order valence-electron chi connectivity index (χ3n) is 4.22. The summed E-state index contributed by atoms with van der Waals surface area (Å²) in [7, 11) is 0. The number of nitrogens with one attached hydrogen (secondary N) is 1. The van der Waals surface area contributed by atoms with Crippen LogP contribution in [0.25, 0.3) is 0 Å². The van der Waals surface area contributed by atoms with E-state index in [4.69, 9.17) is 0 Å². The van der Waals surface area contributed by atoms with Crippen LogP contribution in [0.2, 0.25) is 0 Å². The van der Waals surface area contributed by atoms with Crippen molar-refractivity contribution < 1.29 is 4.79 Å². The molecule has 2 aliphatic heterocycles. The highest BCUT2D eigenvalue weighted by Gasteiger charge is 2.35. The van der Waals surface area contributed by atoms with Crippen LogP contribution >= 0.6 is 0 Å². The molecule has 1 amide bonds. The molecule has 98 valence electrons. The highest BCUT2D eigenvalue weighted by Crippen LogP contribution is 2.21. The summed E-state index contributed by atoms with van der Waals surface area (Å²) in [5, 5.41) is 3.29. The lowest BCUT2D eigenvalue weighted by Gasteiger charge is -2.34. The number of hydrogen-bond donors (Lipinski definition) is 1. The van der Waals surface area contributed by atoms with Crippen molar-refractivity contribution in [2.75, 3.05) is 26.2 Å². The summed E-state index contributed by atoms with van der Waals surface area (Å²) in [4.78, 5) is 16.5. The molecule has 0 bridgehead atoms. The predicted octanol–water partition coefficient (Wildman–Crippen LogP) is 0.885. The molecule has 17 heavy (non-hydrogen) atoms. The topological polar surface area (TPSA) is 35.6 Å². The van der Waals surface area contributed by atoms with Gasteiger partial charge in [0.15, 0.2) is 0 Å². The Labute approximate surface area is 104 Å². The van der Waals surface area contributed by atoms with Crippen LogP contribution in [0.1, 0.15) is 33.6 Å². The van der Waals surface area contributed by atoms with E-state index in [1.165, 1.54) is 25.9 Å². The van der Waals surface area contributed by atoms with Gasteiger partial charge in [-0.05, 0) is 52.2 Å². The largest absolute Gasteiger partial charge is 0.326 e. The highest BCUT2D eigenvalue weighted by atomic mass is 16.2. The second-order valence-electron chi connectivity index (χ2n) is 5.43. The lowest BCUT2D eigenvalue weighted by atomic mass is 9.96. The molecule has 0 aromatic heterocycles. The standard InChI is InChI=1S/C13H25N3O/c1-4-15-7-5-12(6-8-15)9-16-11(3)14-10(2)13(16)17/h10-12,14H,4-9H2,1-3H3. The van der Waals surface area contributed by atoms with Gasteiger partial charge in [-0.15, -0.1) is 0 Å². The SMILES string of the molecule is CCN1CCC(CN2C(=O)C(C)NC2C)CC1. The summed E-state index contributed by atoms with van der Waals surface area (Å²) in [6.07, 6.45) is 2.68. The molecule has 1 N–H and O–H groups in total. The van der Waals surface area contributed by atoms with Crippen molar-refractivity contribution in [3.8, 4) is 0 Å². The van der Waals surface area contributed by atoms with Crippen molar-refractivity contribution in [3.05, 3.63) is 0 Å². The molecule has 0 aromatic carbocycles. The molecule has 2 heterocycles. The molecule has 4 heteroatoms. The Hall–Kier alpha value is -0.610. The van der Waals surface area contributed by atoms with Crippen molar-refractivity contribution in [1.82, 2.24) is 15.1 Å². The quantitative estimate of drug-likeness (QED) is 0.794. The molecule has 4 nitrogen and oxygen atoms in total. The van der Waals surface area contributed by atoms with Gasteiger partial charge in [0.2, 0.25) is 5.91 Å². The fraction of sp³-hybridized carbons (Fsp3) is 0.923. The fourth-order valence-corrected chi connectivity index (χ4v) is 2.97. The Morgan fingerprint density at radius 1 is 1.29 bits per heavy atom. The first kappa shape index (κ1) is 12.8. The normalized spacial score (nSPS) is 32.4. The van der Waals surface area contributed by atoms with Crippen LogP contribution in [0, 0.1) is 5.92 Å². The highest BCUT2D eigenvalue weighted by molar-refractivity contribution is 5.83. The number of nitrogens with zero attached hydrogens (tertiary/aromatic N) is 2. The van der Waals surface area contributed by atoms with E-state index in [0.717, 1.165) is 13.1 Å². The van der Waals surface area contributed by atoms with Gasteiger partial charge in [-0.2, -0.15) is 0 Å². The zero-order valence-corrected chi connectivity index (χ0v) is 11.3. The average Bonchev–Trinajstić information content (AvgIpc) is 2.57. The van der Waals surface area contributed by atoms with Gasteiger partial charge < -0.3 is 9.80 Å². The first-order valence-corrected chi connectivity index (χ1v) is 6.90. The lowest BCUT2D eigenvalue weighted by molar-refractivity contribution is -0.130. The van der Waals surface area contributed by atoms with E-state index in [1.54, 1.807) is 0 Å². The Morgan fingerprint density at radius 2 is 1.94 bits per heavy atom. The fourth-order valence-electron chi connectivity index (χ4n) is 2.97. The summed E-state index contributed by atoms with van der Waals surface area (Å²) >= 11 is 0. The van der Waals surface area contributed by atoms with Crippen LogP contribution in [0.5, 0.6) is 0 Å². The van der Waals surface area contributed by atoms with Crippen LogP contribution in [0.4, 0.5) is 0 Å². The van der Waals surface area contributed by atoms with Crippen molar-refractivity contribution in [2.24, 2.45) is 5.92 Å². The Morgan fingerprint density at radius 3 is 2.41 bits per heavy atom. The van der Waals surface area contributed by atoms with E-state index in [2.05, 4.69) is 24.1 Å². The molecule has 2 unspecified atom stereocenters. The van der Waals surface area contributed by atoms with Crippen LogP contribution in [0.15, 0.2) is 0 Å². The molecular formula is C13H25N3O. The summed E-state index contributed by atoms with van der Waals surface area (Å²) in [6, 6.07) is 0.000677. The van der Waals surface area contributed by atoms with E-state index in [1.807, 2.05) is 11.8 Å². The molecule has 0 saturated carbocycles. The number of carbonyl (C=O) groups excluding carboxylic acids is 1. The Kier molecular flexibility index (Phi) is 4.05. The summed E-state index contributed by atoms with van der Waals surface area (Å²) < 4.78 is 0. The molecule has 2 atom stereocenters. The lowest BCUT2D eigenvalue weighted by Crippen LogP contribution is -2.42. The molecule has 0 aliphatic carbocycles. The number of rotatable bonds is 3. The maximum atomic E-state index is 12.0. The minimum Gasteiger partial charge on any atom is -0.326 e. The number of likely N-dealkylation sites (tertiary alicyclic amines) is 1. The second kappa shape index (κ2) is 5.36. The van der Waals surface area contributed by atoms with Crippen LogP contribution in [0.3, 0.4) is 0 Å². The van der Waals surface area contributed by atoms with Gasteiger partial charge in [-0.1, -0.05) is 6.92 Å². The molecule has 2 fully saturated rings. The van der Waals surface area contributed by atoms with Gasteiger partial charge in [-0.25, -0.2) is 0 Å². The van der Waals surface area contributed by atoms with Crippen LogP contribution in [-0.4, -0.2) is 54.1 Å². The average molecular weight is 239 g/mol. The maximum Gasteiger partial charge on any atom is 0.240 e. The first-order chi connectivity index (χ1) is 8.11. The predicted molar refractivity (Wildman–Crippen MR) is 68.6 cm³/mol. The summed E-state index contributed by atoms with van der Waals surface area (Å²) in [6.45, 7) is 10.7. The first-order valence-electron chi connectivity index (χ1n) is 6.90. The zero-order valence-electron chi connectivity index (χ0n) is 11.3. The Bertz CT molecular complexity index is 274. The van der Waals surface area contributed by atoms with Gasteiger partial charge in [0.05, 0.1) is 12.2 Å². The van der Waals surface area contributed by atoms with E-state index in [-0.39, 0.29) is 18.1 Å². The number of piperidine rings is 1. The second-order valence-corrected chi connectivity index (χ2v) is 5.43. The van der Waals surface area contributed by atoms with E-state index >= 15 is 0 Å². The van der Waals surface area contributed by atoms with Crippen LogP contribution in [-0.2, 0) is 4.79 Å². The summed E-state index contributed by atoms with van der Waals surface area (Å²) in [5.74, 6) is 0.965. The van der Waals surface area contributed by atoms with Gasteiger partial charge in [-0.3, -0.25) is 10.1 Å². The Balaban J connectivity index is 1.83. The molecule has 0 radical (unpaired) electrons. The van der Waals surface area contributed by atoms with Crippen molar-refractivity contribution in [1.29, 1.82) is 0 Å². The van der Waals surface area contributed by atoms with E-state index in [9.17, 15) is 4.79 Å². The van der Waals surface area contributed by atoms with Crippen LogP contribution < -0.4 is 5.32 Å². The van der Waals surface area contributed by atoms with Gasteiger partial charge in [0, 0.05) is 6.54 Å². The number of carbonyl (C=O) groups is 1. The van der Waals surface area contributed by atoms with E-state index in [0.29, 0.717) is 5.92 Å². The van der Waals surface area contributed by atoms with Gasteiger partial charge in [0.25, 0.3) is 0 Å². The van der Waals surface area contributed by atoms with Crippen molar-refractivity contribution in [2.45, 2.75) is 45.8 Å². The summed E-state index contributed by atoms with van der Waals surface area (Å²) in [5.41, 5.74) is 0. The number of hydrogen-bond acceptors (Lipinski definition) is 3. The van der Waals surface area contributed by atoms with Crippen molar-refractivity contribution >= 4 is 5.91 Å². The maximum absolute atomic E-state index is 12.0. The van der Waals surface area contributed by atoms with Crippen molar-refractivity contribution in [3.63, 3.8) is 0 Å². The minimum absolute atomic E-state index is 0.000677. The van der Waals surface area contributed by atoms with Gasteiger partial charge >= 0.3 is 0 Å². The molecule has 2 rings (SSSR count).